The fraction of sp³-hybridized carbons (Fsp3) is 0.733. The fourth-order valence-electron chi connectivity index (χ4n) is 2.98. The smallest absolute Gasteiger partial charge is 0.272 e. The zero-order valence-corrected chi connectivity index (χ0v) is 13.0. The van der Waals surface area contributed by atoms with Crippen molar-refractivity contribution in [3.8, 4) is 0 Å². The number of hydrogen-bond donors (Lipinski definition) is 1. The molecule has 20 heavy (non-hydrogen) atoms. The summed E-state index contributed by atoms with van der Waals surface area (Å²) in [4.78, 5) is 14.7. The van der Waals surface area contributed by atoms with Gasteiger partial charge >= 0.3 is 0 Å². The third kappa shape index (κ3) is 2.87. The average molecular weight is 278 g/mol. The van der Waals surface area contributed by atoms with E-state index in [1.807, 2.05) is 29.6 Å². The van der Waals surface area contributed by atoms with Crippen molar-refractivity contribution in [2.24, 2.45) is 5.92 Å². The van der Waals surface area contributed by atoms with Gasteiger partial charge in [0.25, 0.3) is 5.91 Å². The van der Waals surface area contributed by atoms with Gasteiger partial charge in [0.15, 0.2) is 0 Å². The summed E-state index contributed by atoms with van der Waals surface area (Å²) in [6.07, 6.45) is 1.88. The lowest BCUT2D eigenvalue weighted by Gasteiger charge is -2.36. The third-order valence-electron chi connectivity index (χ3n) is 4.27. The lowest BCUT2D eigenvalue weighted by molar-refractivity contribution is 0.0637. The van der Waals surface area contributed by atoms with E-state index in [2.05, 4.69) is 24.3 Å². The Labute approximate surface area is 121 Å². The molecule has 5 nitrogen and oxygen atoms in total. The van der Waals surface area contributed by atoms with Crippen LogP contribution in [0.5, 0.6) is 0 Å². The molecule has 1 N–H and O–H groups in total. The van der Waals surface area contributed by atoms with Gasteiger partial charge in [-0.1, -0.05) is 13.8 Å². The molecule has 1 saturated heterocycles. The van der Waals surface area contributed by atoms with Crippen molar-refractivity contribution in [3.05, 3.63) is 17.5 Å². The van der Waals surface area contributed by atoms with Crippen molar-refractivity contribution in [3.63, 3.8) is 0 Å². The number of aryl methyl sites for hydroxylation is 2. The molecule has 112 valence electrons. The highest BCUT2D eigenvalue weighted by molar-refractivity contribution is 5.92. The van der Waals surface area contributed by atoms with Crippen LogP contribution in [0, 0.1) is 5.92 Å². The Balaban J connectivity index is 2.13. The molecular formula is C15H26N4O. The van der Waals surface area contributed by atoms with Crippen LogP contribution in [0.1, 0.15) is 43.4 Å². The molecule has 5 heteroatoms. The molecule has 1 amide bonds. The molecule has 0 radical (unpaired) electrons. The van der Waals surface area contributed by atoms with E-state index >= 15 is 0 Å². The van der Waals surface area contributed by atoms with E-state index < -0.39 is 0 Å². The van der Waals surface area contributed by atoms with Gasteiger partial charge in [0, 0.05) is 25.7 Å². The van der Waals surface area contributed by atoms with E-state index in [1.165, 1.54) is 0 Å². The molecule has 2 unspecified atom stereocenters. The number of rotatable bonds is 4. The first-order chi connectivity index (χ1) is 9.60. The first-order valence-electron chi connectivity index (χ1n) is 7.63. The van der Waals surface area contributed by atoms with Gasteiger partial charge in [-0.05, 0) is 38.8 Å². The van der Waals surface area contributed by atoms with E-state index in [4.69, 9.17) is 0 Å². The van der Waals surface area contributed by atoms with E-state index in [0.29, 0.717) is 12.0 Å². The number of aromatic nitrogens is 2. The minimum atomic E-state index is 0.125. The van der Waals surface area contributed by atoms with Gasteiger partial charge in [-0.2, -0.15) is 5.10 Å². The van der Waals surface area contributed by atoms with Crippen molar-refractivity contribution in [2.45, 2.75) is 46.2 Å². The fourth-order valence-corrected chi connectivity index (χ4v) is 2.98. The van der Waals surface area contributed by atoms with Gasteiger partial charge < -0.3 is 10.2 Å². The zero-order valence-electron chi connectivity index (χ0n) is 13.0. The summed E-state index contributed by atoms with van der Waals surface area (Å²) in [5.41, 5.74) is 1.73. The normalized spacial score (nSPS) is 23.1. The maximum absolute atomic E-state index is 12.7. The summed E-state index contributed by atoms with van der Waals surface area (Å²) >= 11 is 0. The highest BCUT2D eigenvalue weighted by atomic mass is 16.2. The van der Waals surface area contributed by atoms with Crippen LogP contribution < -0.4 is 5.32 Å². The summed E-state index contributed by atoms with van der Waals surface area (Å²) < 4.78 is 1.83. The molecule has 2 heterocycles. The SMILES string of the molecule is CCc1cc(C(=O)N2CCC(NC)C(C)C2)n(CC)n1. The predicted octanol–water partition coefficient (Wildman–Crippen LogP) is 1.54. The molecule has 1 aromatic heterocycles. The van der Waals surface area contributed by atoms with Gasteiger partial charge in [-0.25, -0.2) is 0 Å². The highest BCUT2D eigenvalue weighted by Crippen LogP contribution is 2.19. The predicted molar refractivity (Wildman–Crippen MR) is 79.8 cm³/mol. The largest absolute Gasteiger partial charge is 0.337 e. The topological polar surface area (TPSA) is 50.2 Å². The van der Waals surface area contributed by atoms with Crippen molar-refractivity contribution < 1.29 is 4.79 Å². The minimum Gasteiger partial charge on any atom is -0.337 e. The molecule has 1 fully saturated rings. The van der Waals surface area contributed by atoms with Crippen LogP contribution in [0.3, 0.4) is 0 Å². The molecule has 2 atom stereocenters. The van der Waals surface area contributed by atoms with Crippen LogP contribution in [0.25, 0.3) is 0 Å². The second-order valence-corrected chi connectivity index (χ2v) is 5.60. The standard InChI is InChI=1S/C15H26N4O/c1-5-12-9-14(19(6-2)17-12)15(20)18-8-7-13(16-4)11(3)10-18/h9,11,13,16H,5-8,10H2,1-4H3. The summed E-state index contributed by atoms with van der Waals surface area (Å²) in [6.45, 7) is 8.68. The van der Waals surface area contributed by atoms with Crippen LogP contribution in [-0.2, 0) is 13.0 Å². The quantitative estimate of drug-likeness (QED) is 0.909. The first-order valence-corrected chi connectivity index (χ1v) is 7.63. The maximum Gasteiger partial charge on any atom is 0.272 e. The van der Waals surface area contributed by atoms with Crippen molar-refractivity contribution in [1.82, 2.24) is 20.0 Å². The van der Waals surface area contributed by atoms with Gasteiger partial charge in [0.2, 0.25) is 0 Å². The van der Waals surface area contributed by atoms with E-state index in [9.17, 15) is 4.79 Å². The first kappa shape index (κ1) is 15.0. The second kappa shape index (κ2) is 6.39. The summed E-state index contributed by atoms with van der Waals surface area (Å²) in [7, 11) is 2.00. The molecule has 0 aliphatic carbocycles. The van der Waals surface area contributed by atoms with Crippen LogP contribution in [0.4, 0.5) is 0 Å². The van der Waals surface area contributed by atoms with Crippen LogP contribution in [0.2, 0.25) is 0 Å². The molecule has 0 saturated carbocycles. The number of carbonyl (C=O) groups is 1. The van der Waals surface area contributed by atoms with Crippen LogP contribution >= 0.6 is 0 Å². The molecule has 2 rings (SSSR count). The van der Waals surface area contributed by atoms with E-state index in [0.717, 1.165) is 43.9 Å². The highest BCUT2D eigenvalue weighted by Gasteiger charge is 2.29. The molecule has 1 aliphatic rings. The second-order valence-electron chi connectivity index (χ2n) is 5.60. The number of likely N-dealkylation sites (tertiary alicyclic amines) is 1. The Morgan fingerprint density at radius 2 is 2.25 bits per heavy atom. The van der Waals surface area contributed by atoms with Crippen molar-refractivity contribution in [1.29, 1.82) is 0 Å². The Bertz CT molecular complexity index is 468. The number of hydrogen-bond acceptors (Lipinski definition) is 3. The number of nitrogens with zero attached hydrogens (tertiary/aromatic N) is 3. The Kier molecular flexibility index (Phi) is 4.81. The number of carbonyl (C=O) groups excluding carboxylic acids is 1. The number of amides is 1. The van der Waals surface area contributed by atoms with Gasteiger partial charge in [-0.15, -0.1) is 0 Å². The van der Waals surface area contributed by atoms with Crippen molar-refractivity contribution in [2.75, 3.05) is 20.1 Å². The van der Waals surface area contributed by atoms with E-state index in [1.54, 1.807) is 0 Å². The maximum atomic E-state index is 12.7. The van der Waals surface area contributed by atoms with Crippen LogP contribution in [-0.4, -0.2) is 46.8 Å². The van der Waals surface area contributed by atoms with Gasteiger partial charge in [-0.3, -0.25) is 9.48 Å². The van der Waals surface area contributed by atoms with E-state index in [-0.39, 0.29) is 5.91 Å². The molecular weight excluding hydrogens is 252 g/mol. The average Bonchev–Trinajstić information content (AvgIpc) is 2.89. The summed E-state index contributed by atoms with van der Waals surface area (Å²) in [6, 6.07) is 2.46. The van der Waals surface area contributed by atoms with Gasteiger partial charge in [0.05, 0.1) is 5.69 Å². The molecule has 0 aromatic carbocycles. The Hall–Kier alpha value is -1.36. The lowest BCUT2D eigenvalue weighted by atomic mass is 9.94. The molecule has 1 aliphatic heterocycles. The summed E-state index contributed by atoms with van der Waals surface area (Å²) in [5, 5.41) is 7.80. The van der Waals surface area contributed by atoms with Gasteiger partial charge in [0.1, 0.15) is 5.69 Å². The molecule has 0 spiro atoms. The summed E-state index contributed by atoms with van der Waals surface area (Å²) in [5.74, 6) is 0.613. The molecule has 1 aromatic rings. The third-order valence-corrected chi connectivity index (χ3v) is 4.27. The lowest BCUT2D eigenvalue weighted by Crippen LogP contribution is -2.49. The zero-order chi connectivity index (χ0) is 14.7. The monoisotopic (exact) mass is 278 g/mol. The number of nitrogens with one attached hydrogen (secondary N) is 1. The Morgan fingerprint density at radius 3 is 2.80 bits per heavy atom. The van der Waals surface area contributed by atoms with Crippen LogP contribution in [0.15, 0.2) is 6.07 Å². The minimum absolute atomic E-state index is 0.125. The molecule has 0 bridgehead atoms. The van der Waals surface area contributed by atoms with Crippen molar-refractivity contribution >= 4 is 5.91 Å². The Morgan fingerprint density at radius 1 is 1.50 bits per heavy atom. The number of piperidine rings is 1.